The van der Waals surface area contributed by atoms with Crippen molar-refractivity contribution in [3.05, 3.63) is 53.2 Å². The lowest BCUT2D eigenvalue weighted by atomic mass is 10.1. The second-order valence-electron chi connectivity index (χ2n) is 4.07. The summed E-state index contributed by atoms with van der Waals surface area (Å²) in [6.07, 6.45) is 0. The second-order valence-corrected chi connectivity index (χ2v) is 4.07. The molecule has 0 aliphatic carbocycles. The first-order valence-corrected chi connectivity index (χ1v) is 5.56. The van der Waals surface area contributed by atoms with Crippen LogP contribution in [-0.2, 0) is 0 Å². The monoisotopic (exact) mass is 248 g/mol. The lowest BCUT2D eigenvalue weighted by Crippen LogP contribution is -2.26. The van der Waals surface area contributed by atoms with E-state index in [1.807, 2.05) is 0 Å². The predicted octanol–water partition coefficient (Wildman–Crippen LogP) is 2.61. The van der Waals surface area contributed by atoms with Crippen LogP contribution in [0.4, 0.5) is 4.39 Å². The van der Waals surface area contributed by atoms with Crippen LogP contribution in [0.15, 0.2) is 34.9 Å². The molecule has 0 aliphatic heterocycles. The van der Waals surface area contributed by atoms with Crippen molar-refractivity contribution in [1.82, 2.24) is 10.5 Å². The minimum atomic E-state index is -0.344. The third kappa shape index (κ3) is 2.74. The highest BCUT2D eigenvalue weighted by Gasteiger charge is 2.14. The fourth-order valence-electron chi connectivity index (χ4n) is 1.60. The number of nitrogens with zero attached hydrogens (tertiary/aromatic N) is 1. The van der Waals surface area contributed by atoms with Gasteiger partial charge in [-0.1, -0.05) is 17.3 Å². The number of aromatic nitrogens is 1. The molecule has 0 saturated heterocycles. The number of amides is 1. The molecule has 0 spiro atoms. The maximum atomic E-state index is 13.1. The van der Waals surface area contributed by atoms with Gasteiger partial charge in [0, 0.05) is 6.07 Å². The van der Waals surface area contributed by atoms with Crippen molar-refractivity contribution in [3.63, 3.8) is 0 Å². The van der Waals surface area contributed by atoms with Crippen molar-refractivity contribution in [2.45, 2.75) is 19.9 Å². The highest BCUT2D eigenvalue weighted by Crippen LogP contribution is 2.14. The largest absolute Gasteiger partial charge is 0.361 e. The Morgan fingerprint density at radius 1 is 1.44 bits per heavy atom. The van der Waals surface area contributed by atoms with E-state index >= 15 is 0 Å². The summed E-state index contributed by atoms with van der Waals surface area (Å²) < 4.78 is 17.9. The first-order chi connectivity index (χ1) is 8.56. The van der Waals surface area contributed by atoms with E-state index in [2.05, 4.69) is 10.5 Å². The molecular formula is C13H13FN2O2. The van der Waals surface area contributed by atoms with Crippen molar-refractivity contribution >= 4 is 5.91 Å². The molecule has 18 heavy (non-hydrogen) atoms. The third-order valence-electron chi connectivity index (χ3n) is 2.56. The van der Waals surface area contributed by atoms with E-state index in [4.69, 9.17) is 4.52 Å². The van der Waals surface area contributed by atoms with Crippen LogP contribution < -0.4 is 5.32 Å². The van der Waals surface area contributed by atoms with Crippen LogP contribution in [0, 0.1) is 12.7 Å². The molecule has 1 N–H and O–H groups in total. The van der Waals surface area contributed by atoms with Gasteiger partial charge in [-0.3, -0.25) is 4.79 Å². The second kappa shape index (κ2) is 5.00. The van der Waals surface area contributed by atoms with E-state index in [0.29, 0.717) is 11.3 Å². The van der Waals surface area contributed by atoms with Gasteiger partial charge < -0.3 is 9.84 Å². The number of hydrogen-bond donors (Lipinski definition) is 1. The summed E-state index contributed by atoms with van der Waals surface area (Å²) in [5.41, 5.74) is 0.916. The molecule has 0 aliphatic rings. The fourth-order valence-corrected chi connectivity index (χ4v) is 1.60. The van der Waals surface area contributed by atoms with Crippen molar-refractivity contribution in [2.75, 3.05) is 0 Å². The van der Waals surface area contributed by atoms with Crippen LogP contribution in [-0.4, -0.2) is 11.1 Å². The van der Waals surface area contributed by atoms with Crippen molar-refractivity contribution in [2.24, 2.45) is 0 Å². The summed E-state index contributed by atoms with van der Waals surface area (Å²) in [6.45, 7) is 3.49. The molecule has 1 aromatic carbocycles. The van der Waals surface area contributed by atoms with Crippen LogP contribution in [0.25, 0.3) is 0 Å². The molecule has 1 amide bonds. The van der Waals surface area contributed by atoms with Gasteiger partial charge in [-0.25, -0.2) is 4.39 Å². The average Bonchev–Trinajstić information content (AvgIpc) is 2.76. The van der Waals surface area contributed by atoms with Gasteiger partial charge in [0.1, 0.15) is 11.6 Å². The minimum Gasteiger partial charge on any atom is -0.361 e. The number of carbonyl (C=O) groups excluding carboxylic acids is 1. The lowest BCUT2D eigenvalue weighted by Gasteiger charge is -2.13. The zero-order chi connectivity index (χ0) is 13.1. The van der Waals surface area contributed by atoms with E-state index in [-0.39, 0.29) is 23.5 Å². The number of carbonyl (C=O) groups is 1. The zero-order valence-corrected chi connectivity index (χ0v) is 10.1. The number of benzene rings is 1. The molecule has 1 atom stereocenters. The number of halogens is 1. The highest BCUT2D eigenvalue weighted by atomic mass is 19.1. The Bertz CT molecular complexity index is 566. The molecule has 1 aromatic heterocycles. The van der Waals surface area contributed by atoms with Gasteiger partial charge in [0.15, 0.2) is 5.69 Å². The minimum absolute atomic E-state index is 0.218. The standard InChI is InChI=1S/C13H13FN2O2/c1-8-6-12(16-18-8)13(17)15-9(2)10-4-3-5-11(14)7-10/h3-7,9H,1-2H3,(H,15,17)/t9-/m0/s1. The van der Waals surface area contributed by atoms with Gasteiger partial charge in [-0.15, -0.1) is 0 Å². The SMILES string of the molecule is Cc1cc(C(=O)N[C@@H](C)c2cccc(F)c2)no1. The number of rotatable bonds is 3. The van der Waals surface area contributed by atoms with Crippen molar-refractivity contribution in [1.29, 1.82) is 0 Å². The Kier molecular flexibility index (Phi) is 3.41. The quantitative estimate of drug-likeness (QED) is 0.908. The van der Waals surface area contributed by atoms with Gasteiger partial charge in [0.25, 0.3) is 5.91 Å². The van der Waals surface area contributed by atoms with Crippen LogP contribution in [0.5, 0.6) is 0 Å². The van der Waals surface area contributed by atoms with E-state index in [1.165, 1.54) is 12.1 Å². The molecule has 1 heterocycles. The Hall–Kier alpha value is -2.17. The summed E-state index contributed by atoms with van der Waals surface area (Å²) in [7, 11) is 0. The van der Waals surface area contributed by atoms with Crippen LogP contribution >= 0.6 is 0 Å². The van der Waals surface area contributed by atoms with Gasteiger partial charge in [-0.05, 0) is 31.5 Å². The number of nitrogens with one attached hydrogen (secondary N) is 1. The lowest BCUT2D eigenvalue weighted by molar-refractivity contribution is 0.0930. The maximum Gasteiger partial charge on any atom is 0.273 e. The Labute approximate surface area is 104 Å². The third-order valence-corrected chi connectivity index (χ3v) is 2.56. The number of aryl methyl sites for hydroxylation is 1. The van der Waals surface area contributed by atoms with Crippen molar-refractivity contribution in [3.8, 4) is 0 Å². The molecule has 0 fully saturated rings. The molecule has 5 heteroatoms. The zero-order valence-electron chi connectivity index (χ0n) is 10.1. The van der Waals surface area contributed by atoms with Gasteiger partial charge in [-0.2, -0.15) is 0 Å². The van der Waals surface area contributed by atoms with Crippen LogP contribution in [0.1, 0.15) is 34.8 Å². The molecule has 0 unspecified atom stereocenters. The summed E-state index contributed by atoms with van der Waals surface area (Å²) in [5, 5.41) is 6.34. The normalized spacial score (nSPS) is 12.2. The van der Waals surface area contributed by atoms with Crippen molar-refractivity contribution < 1.29 is 13.7 Å². The predicted molar refractivity (Wildman–Crippen MR) is 63.5 cm³/mol. The molecule has 4 nitrogen and oxygen atoms in total. The Morgan fingerprint density at radius 2 is 2.22 bits per heavy atom. The summed E-state index contributed by atoms with van der Waals surface area (Å²) in [4.78, 5) is 11.8. The Balaban J connectivity index is 2.07. The van der Waals surface area contributed by atoms with Gasteiger partial charge >= 0.3 is 0 Å². The average molecular weight is 248 g/mol. The smallest absolute Gasteiger partial charge is 0.273 e. The molecule has 2 rings (SSSR count). The van der Waals surface area contributed by atoms with Crippen LogP contribution in [0.3, 0.4) is 0 Å². The Morgan fingerprint density at radius 3 is 2.83 bits per heavy atom. The van der Waals surface area contributed by atoms with E-state index < -0.39 is 0 Å². The number of hydrogen-bond acceptors (Lipinski definition) is 3. The van der Waals surface area contributed by atoms with Crippen LogP contribution in [0.2, 0.25) is 0 Å². The molecular weight excluding hydrogens is 235 g/mol. The highest BCUT2D eigenvalue weighted by molar-refractivity contribution is 5.92. The van der Waals surface area contributed by atoms with Gasteiger partial charge in [0.05, 0.1) is 6.04 Å². The van der Waals surface area contributed by atoms with E-state index in [9.17, 15) is 9.18 Å². The first-order valence-electron chi connectivity index (χ1n) is 5.56. The summed E-state index contributed by atoms with van der Waals surface area (Å²) in [6, 6.07) is 7.35. The van der Waals surface area contributed by atoms with Gasteiger partial charge in [0.2, 0.25) is 0 Å². The molecule has 0 radical (unpaired) electrons. The molecule has 94 valence electrons. The van der Waals surface area contributed by atoms with E-state index in [0.717, 1.165) is 0 Å². The maximum absolute atomic E-state index is 13.1. The summed E-state index contributed by atoms with van der Waals surface area (Å²) >= 11 is 0. The topological polar surface area (TPSA) is 55.1 Å². The van der Waals surface area contributed by atoms with E-state index in [1.54, 1.807) is 32.0 Å². The first kappa shape index (κ1) is 12.3. The molecule has 2 aromatic rings. The summed E-state index contributed by atoms with van der Waals surface area (Å²) in [5.74, 6) is -0.104. The molecule has 0 bridgehead atoms. The fraction of sp³-hybridized carbons (Fsp3) is 0.231. The molecule has 0 saturated carbocycles.